The van der Waals surface area contributed by atoms with Crippen LogP contribution in [0, 0.1) is 5.82 Å². The van der Waals surface area contributed by atoms with Gasteiger partial charge in [0, 0.05) is 13.1 Å². The number of para-hydroxylation sites is 1. The summed E-state index contributed by atoms with van der Waals surface area (Å²) in [6, 6.07) is 11.5. The van der Waals surface area contributed by atoms with Gasteiger partial charge in [0.2, 0.25) is 0 Å². The molecule has 1 fully saturated rings. The van der Waals surface area contributed by atoms with Crippen LogP contribution in [0.4, 0.5) is 4.39 Å². The number of nitrogens with zero attached hydrogens (tertiary/aromatic N) is 1. The number of likely N-dealkylation sites (tertiary alicyclic amines) is 1. The van der Waals surface area contributed by atoms with Crippen molar-refractivity contribution < 1.29 is 22.3 Å². The molecule has 0 unspecified atom stereocenters. The summed E-state index contributed by atoms with van der Waals surface area (Å²) in [5.41, 5.74) is 0.401. The van der Waals surface area contributed by atoms with Gasteiger partial charge in [0.05, 0.1) is 17.6 Å². The number of amides is 1. The number of carbonyl (C=O) groups excluding carboxylic acids is 1. The lowest BCUT2D eigenvalue weighted by atomic mass is 10.1. The number of carbonyl (C=O) groups is 1. The number of rotatable bonds is 4. The molecule has 2 aromatic rings. The Hall–Kier alpha value is -2.41. The molecule has 7 heteroatoms. The molecular formula is C17H16FNO4S. The van der Waals surface area contributed by atoms with E-state index in [-0.39, 0.29) is 23.9 Å². The van der Waals surface area contributed by atoms with E-state index in [2.05, 4.69) is 0 Å². The Morgan fingerprint density at radius 3 is 2.38 bits per heavy atom. The van der Waals surface area contributed by atoms with Crippen molar-refractivity contribution in [1.29, 1.82) is 0 Å². The molecule has 1 amide bonds. The monoisotopic (exact) mass is 349 g/mol. The van der Waals surface area contributed by atoms with E-state index in [0.29, 0.717) is 11.3 Å². The number of halogens is 1. The van der Waals surface area contributed by atoms with Crippen LogP contribution in [0.2, 0.25) is 0 Å². The first-order chi connectivity index (χ1) is 11.4. The maximum Gasteiger partial charge on any atom is 0.257 e. The van der Waals surface area contributed by atoms with Gasteiger partial charge in [-0.15, -0.1) is 0 Å². The predicted octanol–water partition coefficient (Wildman–Crippen LogP) is 2.13. The Labute approximate surface area is 139 Å². The minimum absolute atomic E-state index is 0.0679. The number of ether oxygens (including phenoxy) is 1. The Kier molecular flexibility index (Phi) is 4.28. The molecule has 0 aromatic heterocycles. The summed E-state index contributed by atoms with van der Waals surface area (Å²) in [5.74, 6) is -0.305. The van der Waals surface area contributed by atoms with Crippen molar-refractivity contribution in [2.75, 3.05) is 20.2 Å². The zero-order chi connectivity index (χ0) is 17.3. The minimum atomic E-state index is -3.58. The van der Waals surface area contributed by atoms with Crippen LogP contribution in [0.3, 0.4) is 0 Å². The lowest BCUT2D eigenvalue weighted by molar-refractivity contribution is 0.0655. The molecular weight excluding hydrogens is 333 g/mol. The summed E-state index contributed by atoms with van der Waals surface area (Å²) in [6.07, 6.45) is 0. The topological polar surface area (TPSA) is 63.7 Å². The van der Waals surface area contributed by atoms with Crippen molar-refractivity contribution in [3.63, 3.8) is 0 Å². The van der Waals surface area contributed by atoms with Crippen molar-refractivity contribution in [2.24, 2.45) is 0 Å². The first-order valence-electron chi connectivity index (χ1n) is 7.35. The van der Waals surface area contributed by atoms with Crippen molar-refractivity contribution in [3.05, 3.63) is 59.9 Å². The fraction of sp³-hybridized carbons (Fsp3) is 0.235. The molecule has 0 atom stereocenters. The Bertz CT molecular complexity index is 858. The molecule has 0 spiro atoms. The largest absolute Gasteiger partial charge is 0.496 e. The molecule has 1 aliphatic heterocycles. The first kappa shape index (κ1) is 16.4. The molecule has 1 heterocycles. The summed E-state index contributed by atoms with van der Waals surface area (Å²) >= 11 is 0. The molecule has 1 saturated heterocycles. The van der Waals surface area contributed by atoms with E-state index >= 15 is 0 Å². The normalized spacial score (nSPS) is 15.0. The smallest absolute Gasteiger partial charge is 0.257 e. The van der Waals surface area contributed by atoms with Crippen LogP contribution < -0.4 is 4.74 Å². The molecule has 2 aromatic carbocycles. The van der Waals surface area contributed by atoms with Crippen LogP contribution in [-0.4, -0.2) is 44.7 Å². The van der Waals surface area contributed by atoms with Gasteiger partial charge in [-0.3, -0.25) is 4.79 Å². The van der Waals surface area contributed by atoms with Gasteiger partial charge in [0.1, 0.15) is 16.8 Å². The summed E-state index contributed by atoms with van der Waals surface area (Å²) < 4.78 is 43.0. The van der Waals surface area contributed by atoms with E-state index in [4.69, 9.17) is 4.74 Å². The SMILES string of the molecule is COc1ccccc1C(=O)N1CC(S(=O)(=O)c2ccc(F)cc2)C1. The zero-order valence-electron chi connectivity index (χ0n) is 13.0. The van der Waals surface area contributed by atoms with Crippen LogP contribution in [0.5, 0.6) is 5.75 Å². The second kappa shape index (κ2) is 6.24. The number of hydrogen-bond acceptors (Lipinski definition) is 4. The van der Waals surface area contributed by atoms with Crippen LogP contribution in [0.1, 0.15) is 10.4 Å². The van der Waals surface area contributed by atoms with Gasteiger partial charge in [-0.25, -0.2) is 12.8 Å². The molecule has 0 bridgehead atoms. The van der Waals surface area contributed by atoms with Crippen molar-refractivity contribution in [2.45, 2.75) is 10.1 Å². The molecule has 1 aliphatic rings. The van der Waals surface area contributed by atoms with Crippen LogP contribution >= 0.6 is 0 Å². The van der Waals surface area contributed by atoms with Gasteiger partial charge in [-0.2, -0.15) is 0 Å². The fourth-order valence-electron chi connectivity index (χ4n) is 2.61. The first-order valence-corrected chi connectivity index (χ1v) is 8.90. The van der Waals surface area contributed by atoms with Crippen molar-refractivity contribution >= 4 is 15.7 Å². The molecule has 126 valence electrons. The van der Waals surface area contributed by atoms with Gasteiger partial charge < -0.3 is 9.64 Å². The fourth-order valence-corrected chi connectivity index (χ4v) is 4.26. The maximum absolute atomic E-state index is 12.9. The molecule has 3 rings (SSSR count). The number of benzene rings is 2. The van der Waals surface area contributed by atoms with Crippen molar-refractivity contribution in [3.8, 4) is 5.75 Å². The van der Waals surface area contributed by atoms with Gasteiger partial charge >= 0.3 is 0 Å². The van der Waals surface area contributed by atoms with E-state index in [9.17, 15) is 17.6 Å². The van der Waals surface area contributed by atoms with E-state index in [1.165, 1.54) is 24.1 Å². The average Bonchev–Trinajstić information content (AvgIpc) is 2.53. The highest BCUT2D eigenvalue weighted by atomic mass is 32.2. The third-order valence-electron chi connectivity index (χ3n) is 4.05. The predicted molar refractivity (Wildman–Crippen MR) is 86.3 cm³/mol. The second-order valence-electron chi connectivity index (χ2n) is 5.53. The van der Waals surface area contributed by atoms with Crippen LogP contribution in [0.25, 0.3) is 0 Å². The van der Waals surface area contributed by atoms with E-state index in [0.717, 1.165) is 12.1 Å². The summed E-state index contributed by atoms with van der Waals surface area (Å²) in [7, 11) is -2.10. The maximum atomic E-state index is 12.9. The zero-order valence-corrected chi connectivity index (χ0v) is 13.8. The second-order valence-corrected chi connectivity index (χ2v) is 7.76. The highest BCUT2D eigenvalue weighted by Gasteiger charge is 2.41. The van der Waals surface area contributed by atoms with Gasteiger partial charge in [0.25, 0.3) is 5.91 Å². The molecule has 24 heavy (non-hydrogen) atoms. The highest BCUT2D eigenvalue weighted by Crippen LogP contribution is 2.27. The lowest BCUT2D eigenvalue weighted by Crippen LogP contribution is -2.56. The average molecular weight is 349 g/mol. The van der Waals surface area contributed by atoms with Crippen LogP contribution in [-0.2, 0) is 9.84 Å². The van der Waals surface area contributed by atoms with E-state index in [1.54, 1.807) is 24.3 Å². The van der Waals surface area contributed by atoms with Gasteiger partial charge in [-0.05, 0) is 36.4 Å². The van der Waals surface area contributed by atoms with Gasteiger partial charge in [0.15, 0.2) is 9.84 Å². The summed E-state index contributed by atoms with van der Waals surface area (Å²) in [4.78, 5) is 14.0. The van der Waals surface area contributed by atoms with Gasteiger partial charge in [-0.1, -0.05) is 12.1 Å². The standard InChI is InChI=1S/C17H16FNO4S/c1-23-16-5-3-2-4-15(16)17(20)19-10-14(11-19)24(21,22)13-8-6-12(18)7-9-13/h2-9,14H,10-11H2,1H3. The number of hydrogen-bond donors (Lipinski definition) is 0. The molecule has 0 N–H and O–H groups in total. The number of methoxy groups -OCH3 is 1. The quantitative estimate of drug-likeness (QED) is 0.794. The van der Waals surface area contributed by atoms with E-state index < -0.39 is 20.9 Å². The summed E-state index contributed by atoms with van der Waals surface area (Å²) in [6.45, 7) is 0.215. The molecule has 0 saturated carbocycles. The number of sulfone groups is 1. The van der Waals surface area contributed by atoms with Crippen molar-refractivity contribution in [1.82, 2.24) is 4.90 Å². The third kappa shape index (κ3) is 2.87. The molecule has 0 aliphatic carbocycles. The molecule has 5 nitrogen and oxygen atoms in total. The highest BCUT2D eigenvalue weighted by molar-refractivity contribution is 7.92. The van der Waals surface area contributed by atoms with Crippen LogP contribution in [0.15, 0.2) is 53.4 Å². The van der Waals surface area contributed by atoms with E-state index in [1.807, 2.05) is 0 Å². The lowest BCUT2D eigenvalue weighted by Gasteiger charge is -2.38. The third-order valence-corrected chi connectivity index (χ3v) is 6.16. The molecule has 0 radical (unpaired) electrons. The summed E-state index contributed by atoms with van der Waals surface area (Å²) in [5, 5.41) is -0.679. The Morgan fingerprint density at radius 2 is 1.75 bits per heavy atom. The Morgan fingerprint density at radius 1 is 1.12 bits per heavy atom. The minimum Gasteiger partial charge on any atom is -0.496 e. The Balaban J connectivity index is 1.73.